The van der Waals surface area contributed by atoms with Gasteiger partial charge in [0.15, 0.2) is 0 Å². The second kappa shape index (κ2) is 6.92. The normalized spacial score (nSPS) is 11.1. The van der Waals surface area contributed by atoms with E-state index in [0.29, 0.717) is 0 Å². The molecule has 2 amide bonds. The Bertz CT molecular complexity index is 248. The van der Waals surface area contributed by atoms with Crippen LogP contribution < -0.4 is 0 Å². The summed E-state index contributed by atoms with van der Waals surface area (Å²) in [5.74, 6) is 0.215. The van der Waals surface area contributed by atoms with Crippen LogP contribution in [-0.2, 0) is 9.47 Å². The van der Waals surface area contributed by atoms with E-state index in [9.17, 15) is 9.59 Å². The Morgan fingerprint density at radius 1 is 1.07 bits per heavy atom. The highest BCUT2D eigenvalue weighted by atomic mass is 16.6. The molecule has 0 bridgehead atoms. The van der Waals surface area contributed by atoms with E-state index in [2.05, 4.69) is 19.7 Å². The van der Waals surface area contributed by atoms with Crippen molar-refractivity contribution in [1.82, 2.24) is 0 Å². The van der Waals surface area contributed by atoms with E-state index in [-0.39, 0.29) is 18.6 Å². The van der Waals surface area contributed by atoms with Crippen molar-refractivity contribution in [1.29, 1.82) is 0 Å². The van der Waals surface area contributed by atoms with Crippen LogP contribution in [0.4, 0.5) is 9.59 Å². The van der Waals surface area contributed by atoms with Gasteiger partial charge >= 0.3 is 12.2 Å². The molecule has 0 saturated heterocycles. The van der Waals surface area contributed by atoms with Crippen molar-refractivity contribution in [2.24, 2.45) is 16.1 Å². The number of azo groups is 1. The SMILES string of the molecule is CC(C)COC(=O)/N=N/C(=O)OC(C)C. The number of carbonyl (C=O) groups excluding carboxylic acids is 2. The minimum Gasteiger partial charge on any atom is -0.447 e. The molecule has 0 radical (unpaired) electrons. The van der Waals surface area contributed by atoms with Gasteiger partial charge in [-0.05, 0) is 19.8 Å². The molecule has 6 nitrogen and oxygen atoms in total. The van der Waals surface area contributed by atoms with Gasteiger partial charge in [0.05, 0.1) is 12.7 Å². The van der Waals surface area contributed by atoms with E-state index >= 15 is 0 Å². The molecule has 0 heterocycles. The number of amides is 2. The molecule has 0 spiro atoms. The standard InChI is InChI=1S/C9H16N2O4/c1-6(2)5-14-8(12)10-11-9(13)15-7(3)4/h6-7H,5H2,1-4H3/b11-10+. The maximum Gasteiger partial charge on any atom is 0.452 e. The molecule has 0 unspecified atom stereocenters. The molecular weight excluding hydrogens is 200 g/mol. The van der Waals surface area contributed by atoms with Crippen LogP contribution in [0.2, 0.25) is 0 Å². The van der Waals surface area contributed by atoms with Crippen LogP contribution in [0.25, 0.3) is 0 Å². The molecule has 86 valence electrons. The van der Waals surface area contributed by atoms with Gasteiger partial charge in [-0.15, -0.1) is 0 Å². The Labute approximate surface area is 88.7 Å². The van der Waals surface area contributed by atoms with Crippen LogP contribution in [0, 0.1) is 5.92 Å². The number of rotatable bonds is 3. The van der Waals surface area contributed by atoms with Gasteiger partial charge in [0.25, 0.3) is 0 Å². The van der Waals surface area contributed by atoms with Crippen molar-refractivity contribution in [3.8, 4) is 0 Å². The van der Waals surface area contributed by atoms with Crippen LogP contribution in [0.1, 0.15) is 27.7 Å². The Morgan fingerprint density at radius 2 is 1.60 bits per heavy atom. The average Bonchev–Trinajstić information content (AvgIpc) is 2.10. The lowest BCUT2D eigenvalue weighted by Gasteiger charge is -2.03. The summed E-state index contributed by atoms with van der Waals surface area (Å²) in [5.41, 5.74) is 0. The Morgan fingerprint density at radius 3 is 2.07 bits per heavy atom. The van der Waals surface area contributed by atoms with E-state index in [1.165, 1.54) is 0 Å². The fourth-order valence-corrected chi connectivity index (χ4v) is 0.574. The topological polar surface area (TPSA) is 77.3 Å². The minimum atomic E-state index is -0.897. The maximum atomic E-state index is 10.8. The van der Waals surface area contributed by atoms with Crippen LogP contribution in [0.3, 0.4) is 0 Å². The van der Waals surface area contributed by atoms with Crippen molar-refractivity contribution >= 4 is 12.2 Å². The molecule has 0 aliphatic carbocycles. The Hall–Kier alpha value is -1.46. The quantitative estimate of drug-likeness (QED) is 0.679. The van der Waals surface area contributed by atoms with Crippen LogP contribution in [0.15, 0.2) is 10.2 Å². The van der Waals surface area contributed by atoms with Crippen LogP contribution >= 0.6 is 0 Å². The molecule has 0 N–H and O–H groups in total. The number of ether oxygens (including phenoxy) is 2. The highest BCUT2D eigenvalue weighted by Crippen LogP contribution is 1.97. The van der Waals surface area contributed by atoms with Gasteiger partial charge in [-0.3, -0.25) is 0 Å². The lowest BCUT2D eigenvalue weighted by atomic mass is 10.2. The van der Waals surface area contributed by atoms with E-state index in [0.717, 1.165) is 0 Å². The van der Waals surface area contributed by atoms with Crippen molar-refractivity contribution < 1.29 is 19.1 Å². The van der Waals surface area contributed by atoms with E-state index in [1.807, 2.05) is 13.8 Å². The fourth-order valence-electron chi connectivity index (χ4n) is 0.574. The summed E-state index contributed by atoms with van der Waals surface area (Å²) >= 11 is 0. The van der Waals surface area contributed by atoms with Crippen molar-refractivity contribution in [2.75, 3.05) is 6.61 Å². The van der Waals surface area contributed by atoms with Crippen molar-refractivity contribution in [3.63, 3.8) is 0 Å². The predicted molar refractivity (Wildman–Crippen MR) is 52.7 cm³/mol. The second-order valence-corrected chi connectivity index (χ2v) is 3.60. The van der Waals surface area contributed by atoms with E-state index in [4.69, 9.17) is 0 Å². The largest absolute Gasteiger partial charge is 0.452 e. The Kier molecular flexibility index (Phi) is 6.24. The zero-order valence-corrected chi connectivity index (χ0v) is 9.39. The van der Waals surface area contributed by atoms with Gasteiger partial charge < -0.3 is 9.47 Å². The van der Waals surface area contributed by atoms with Crippen molar-refractivity contribution in [2.45, 2.75) is 33.8 Å². The molecule has 0 aromatic rings. The summed E-state index contributed by atoms with van der Waals surface area (Å²) in [6.45, 7) is 7.36. The molecule has 0 fully saturated rings. The third kappa shape index (κ3) is 8.86. The summed E-state index contributed by atoms with van der Waals surface area (Å²) in [6, 6.07) is 0. The lowest BCUT2D eigenvalue weighted by Crippen LogP contribution is -2.09. The average molecular weight is 216 g/mol. The molecule has 6 heteroatoms. The molecule has 15 heavy (non-hydrogen) atoms. The highest BCUT2D eigenvalue weighted by Gasteiger charge is 2.06. The van der Waals surface area contributed by atoms with Crippen molar-refractivity contribution in [3.05, 3.63) is 0 Å². The monoisotopic (exact) mass is 216 g/mol. The number of nitrogens with zero attached hydrogens (tertiary/aromatic N) is 2. The molecular formula is C9H16N2O4. The molecule has 0 rings (SSSR count). The van der Waals surface area contributed by atoms with Gasteiger partial charge in [-0.1, -0.05) is 24.1 Å². The molecule has 0 saturated carbocycles. The van der Waals surface area contributed by atoms with Gasteiger partial charge in [-0.25, -0.2) is 9.59 Å². The molecule has 0 aliphatic rings. The highest BCUT2D eigenvalue weighted by molar-refractivity contribution is 5.73. The van der Waals surface area contributed by atoms with Crippen LogP contribution in [0.5, 0.6) is 0 Å². The van der Waals surface area contributed by atoms with Crippen LogP contribution in [-0.4, -0.2) is 24.9 Å². The summed E-state index contributed by atoms with van der Waals surface area (Å²) < 4.78 is 9.27. The number of hydrogen-bond donors (Lipinski definition) is 0. The van der Waals surface area contributed by atoms with E-state index in [1.54, 1.807) is 13.8 Å². The maximum absolute atomic E-state index is 10.8. The third-order valence-corrected chi connectivity index (χ3v) is 1.09. The number of carbonyl (C=O) groups is 2. The summed E-state index contributed by atoms with van der Waals surface area (Å²) in [7, 11) is 0. The van der Waals surface area contributed by atoms with Gasteiger partial charge in [0.2, 0.25) is 0 Å². The molecule has 0 aromatic heterocycles. The predicted octanol–water partition coefficient (Wildman–Crippen LogP) is 2.78. The second-order valence-electron chi connectivity index (χ2n) is 3.60. The molecule has 0 atom stereocenters. The minimum absolute atomic E-state index is 0.215. The first-order valence-corrected chi connectivity index (χ1v) is 4.71. The first-order valence-electron chi connectivity index (χ1n) is 4.71. The lowest BCUT2D eigenvalue weighted by molar-refractivity contribution is 0.120. The van der Waals surface area contributed by atoms with Gasteiger partial charge in [-0.2, -0.15) is 0 Å². The third-order valence-electron chi connectivity index (χ3n) is 1.09. The molecule has 0 aliphatic heterocycles. The summed E-state index contributed by atoms with van der Waals surface area (Å²) in [5, 5.41) is 6.07. The zero-order chi connectivity index (χ0) is 11.8. The zero-order valence-electron chi connectivity index (χ0n) is 9.39. The first kappa shape index (κ1) is 13.5. The fraction of sp³-hybridized carbons (Fsp3) is 0.778. The smallest absolute Gasteiger partial charge is 0.447 e. The number of hydrogen-bond acceptors (Lipinski definition) is 4. The summed E-state index contributed by atoms with van der Waals surface area (Å²) in [6.07, 6.45) is -2.07. The molecule has 0 aromatic carbocycles. The first-order chi connectivity index (χ1) is 6.91. The van der Waals surface area contributed by atoms with Gasteiger partial charge in [0.1, 0.15) is 0 Å². The van der Waals surface area contributed by atoms with E-state index < -0.39 is 12.2 Å². The summed E-state index contributed by atoms with van der Waals surface area (Å²) in [4.78, 5) is 21.7. The Balaban J connectivity index is 3.85. The van der Waals surface area contributed by atoms with Gasteiger partial charge in [0, 0.05) is 0 Å².